The number of rotatable bonds is 7. The van der Waals surface area contributed by atoms with Crippen molar-refractivity contribution < 1.29 is 9.90 Å². The van der Waals surface area contributed by atoms with Gasteiger partial charge in [-0.25, -0.2) is 4.79 Å². The fourth-order valence-electron chi connectivity index (χ4n) is 1.77. The van der Waals surface area contributed by atoms with Gasteiger partial charge in [0, 0.05) is 18.7 Å². The van der Waals surface area contributed by atoms with Crippen LogP contribution >= 0.6 is 0 Å². The summed E-state index contributed by atoms with van der Waals surface area (Å²) in [5.41, 5.74) is 1.74. The second-order valence-electron chi connectivity index (χ2n) is 4.20. The fraction of sp³-hybridized carbons (Fsp3) is 0.400. The largest absolute Gasteiger partial charge is 0.478 e. The predicted molar refractivity (Wildman–Crippen MR) is 73.4 cm³/mol. The average molecular weight is 247 g/mol. The molecule has 98 valence electrons. The van der Waals surface area contributed by atoms with Gasteiger partial charge in [-0.2, -0.15) is 0 Å². The maximum atomic E-state index is 10.9. The maximum Gasteiger partial charge on any atom is 0.331 e. The van der Waals surface area contributed by atoms with Crippen molar-refractivity contribution in [2.24, 2.45) is 0 Å². The molecule has 0 aliphatic heterocycles. The lowest BCUT2D eigenvalue weighted by Crippen LogP contribution is -2.23. The van der Waals surface area contributed by atoms with Gasteiger partial charge >= 0.3 is 5.97 Å². The molecule has 0 fully saturated rings. The molecule has 3 nitrogen and oxygen atoms in total. The van der Waals surface area contributed by atoms with E-state index in [9.17, 15) is 4.79 Å². The molecule has 0 unspecified atom stereocenters. The van der Waals surface area contributed by atoms with E-state index in [0.29, 0.717) is 18.5 Å². The van der Waals surface area contributed by atoms with E-state index in [1.165, 1.54) is 5.56 Å². The topological polar surface area (TPSA) is 40.5 Å². The van der Waals surface area contributed by atoms with Gasteiger partial charge in [0.25, 0.3) is 0 Å². The summed E-state index contributed by atoms with van der Waals surface area (Å²) in [6.45, 7) is 6.39. The highest BCUT2D eigenvalue weighted by Gasteiger charge is 2.06. The lowest BCUT2D eigenvalue weighted by atomic mass is 10.2. The Labute approximate surface area is 109 Å². The molecule has 0 aromatic heterocycles. The van der Waals surface area contributed by atoms with Gasteiger partial charge in [0.1, 0.15) is 0 Å². The van der Waals surface area contributed by atoms with Gasteiger partial charge in [-0.1, -0.05) is 50.3 Å². The number of hydrogen-bond acceptors (Lipinski definition) is 2. The van der Waals surface area contributed by atoms with Crippen LogP contribution < -0.4 is 0 Å². The highest BCUT2D eigenvalue weighted by atomic mass is 16.4. The van der Waals surface area contributed by atoms with E-state index in [1.54, 1.807) is 0 Å². The zero-order valence-corrected chi connectivity index (χ0v) is 11.1. The van der Waals surface area contributed by atoms with Gasteiger partial charge in [0.15, 0.2) is 0 Å². The summed E-state index contributed by atoms with van der Waals surface area (Å²) >= 11 is 0. The van der Waals surface area contributed by atoms with Crippen LogP contribution in [0.2, 0.25) is 0 Å². The van der Waals surface area contributed by atoms with E-state index < -0.39 is 5.97 Å². The number of benzene rings is 1. The molecule has 0 bridgehead atoms. The smallest absolute Gasteiger partial charge is 0.331 e. The minimum absolute atomic E-state index is 0.488. The van der Waals surface area contributed by atoms with Crippen LogP contribution in [0, 0.1) is 0 Å². The quantitative estimate of drug-likeness (QED) is 0.753. The highest BCUT2D eigenvalue weighted by Crippen LogP contribution is 2.06. The average Bonchev–Trinajstić information content (AvgIpc) is 2.38. The van der Waals surface area contributed by atoms with Crippen LogP contribution in [0.3, 0.4) is 0 Å². The van der Waals surface area contributed by atoms with Gasteiger partial charge in [-0.3, -0.25) is 4.90 Å². The summed E-state index contributed by atoms with van der Waals surface area (Å²) in [5.74, 6) is -0.812. The first-order valence-electron chi connectivity index (χ1n) is 6.36. The Kier molecular flexibility index (Phi) is 6.15. The Bertz CT molecular complexity index is 398. The molecule has 0 amide bonds. The molecule has 1 rings (SSSR count). The van der Waals surface area contributed by atoms with Gasteiger partial charge in [0.2, 0.25) is 0 Å². The van der Waals surface area contributed by atoms with Crippen LogP contribution in [-0.4, -0.2) is 29.1 Å². The van der Waals surface area contributed by atoms with Crippen molar-refractivity contribution in [3.63, 3.8) is 0 Å². The lowest BCUT2D eigenvalue weighted by Gasteiger charge is -2.18. The fourth-order valence-corrected chi connectivity index (χ4v) is 1.77. The first kappa shape index (κ1) is 14.5. The Morgan fingerprint density at radius 2 is 1.94 bits per heavy atom. The lowest BCUT2D eigenvalue weighted by molar-refractivity contribution is -0.132. The number of likely N-dealkylation sites (N-methyl/N-ethyl adjacent to an activating group) is 1. The molecule has 0 atom stereocenters. The van der Waals surface area contributed by atoms with Crippen molar-refractivity contribution in [2.75, 3.05) is 13.1 Å². The van der Waals surface area contributed by atoms with Gasteiger partial charge in [-0.05, 0) is 18.5 Å². The standard InChI is InChI=1S/C15H21NO2/c1-3-14(15(17)18)10-11-16(4-2)12-13-8-6-5-7-9-13/h5-10H,3-4,11-12H2,1-2H3,(H,17,18). The summed E-state index contributed by atoms with van der Waals surface area (Å²) < 4.78 is 0. The van der Waals surface area contributed by atoms with E-state index in [4.69, 9.17) is 5.11 Å². The van der Waals surface area contributed by atoms with Crippen LogP contribution in [0.4, 0.5) is 0 Å². The van der Waals surface area contributed by atoms with Crippen LogP contribution in [0.1, 0.15) is 25.8 Å². The third-order valence-corrected chi connectivity index (χ3v) is 2.95. The molecule has 18 heavy (non-hydrogen) atoms. The molecule has 3 heteroatoms. The summed E-state index contributed by atoms with van der Waals surface area (Å²) in [6, 6.07) is 10.2. The molecular weight excluding hydrogens is 226 g/mol. The second-order valence-corrected chi connectivity index (χ2v) is 4.20. The van der Waals surface area contributed by atoms with Gasteiger partial charge < -0.3 is 5.11 Å². The number of carbonyl (C=O) groups is 1. The zero-order valence-electron chi connectivity index (χ0n) is 11.1. The molecule has 0 saturated heterocycles. The predicted octanol–water partition coefficient (Wildman–Crippen LogP) is 2.93. The molecule has 0 heterocycles. The van der Waals surface area contributed by atoms with Crippen LogP contribution in [0.25, 0.3) is 0 Å². The number of carboxylic acid groups (broad SMARTS) is 1. The number of carboxylic acids is 1. The van der Waals surface area contributed by atoms with E-state index in [-0.39, 0.29) is 0 Å². The monoisotopic (exact) mass is 247 g/mol. The SMILES string of the molecule is CCC(=CCN(CC)Cc1ccccc1)C(=O)O. The van der Waals surface area contributed by atoms with Crippen molar-refractivity contribution in [1.29, 1.82) is 0 Å². The minimum atomic E-state index is -0.812. The van der Waals surface area contributed by atoms with E-state index >= 15 is 0 Å². The summed E-state index contributed by atoms with van der Waals surface area (Å²) in [6.07, 6.45) is 2.38. The zero-order chi connectivity index (χ0) is 13.4. The van der Waals surface area contributed by atoms with Crippen molar-refractivity contribution in [3.05, 3.63) is 47.5 Å². The first-order valence-corrected chi connectivity index (χ1v) is 6.36. The van der Waals surface area contributed by atoms with Gasteiger partial charge in [0.05, 0.1) is 0 Å². The van der Waals surface area contributed by atoms with Gasteiger partial charge in [-0.15, -0.1) is 0 Å². The van der Waals surface area contributed by atoms with Crippen LogP contribution in [-0.2, 0) is 11.3 Å². The van der Waals surface area contributed by atoms with Crippen LogP contribution in [0.5, 0.6) is 0 Å². The highest BCUT2D eigenvalue weighted by molar-refractivity contribution is 5.86. The maximum absolute atomic E-state index is 10.9. The minimum Gasteiger partial charge on any atom is -0.478 e. The summed E-state index contributed by atoms with van der Waals surface area (Å²) in [7, 11) is 0. The van der Waals surface area contributed by atoms with Crippen LogP contribution in [0.15, 0.2) is 42.0 Å². The van der Waals surface area contributed by atoms with E-state index in [2.05, 4.69) is 24.0 Å². The number of aliphatic carboxylic acids is 1. The van der Waals surface area contributed by atoms with Crippen molar-refractivity contribution in [3.8, 4) is 0 Å². The molecule has 0 radical (unpaired) electrons. The Morgan fingerprint density at radius 1 is 1.28 bits per heavy atom. The third kappa shape index (κ3) is 4.72. The molecule has 1 aromatic rings. The second kappa shape index (κ2) is 7.67. The van der Waals surface area contributed by atoms with Crippen molar-refractivity contribution >= 4 is 5.97 Å². The normalized spacial score (nSPS) is 11.8. The summed E-state index contributed by atoms with van der Waals surface area (Å²) in [5, 5.41) is 8.96. The molecule has 0 aliphatic rings. The molecule has 0 spiro atoms. The van der Waals surface area contributed by atoms with Crippen molar-refractivity contribution in [1.82, 2.24) is 4.90 Å². The molecule has 0 saturated carbocycles. The Morgan fingerprint density at radius 3 is 2.44 bits per heavy atom. The Balaban J connectivity index is 2.60. The molecule has 0 aliphatic carbocycles. The summed E-state index contributed by atoms with van der Waals surface area (Å²) in [4.78, 5) is 13.1. The van der Waals surface area contributed by atoms with E-state index in [1.807, 2.05) is 31.2 Å². The number of hydrogen-bond donors (Lipinski definition) is 1. The van der Waals surface area contributed by atoms with E-state index in [0.717, 1.165) is 13.1 Å². The molecule has 1 aromatic carbocycles. The first-order chi connectivity index (χ1) is 8.67. The number of nitrogens with zero attached hydrogens (tertiary/aromatic N) is 1. The third-order valence-electron chi connectivity index (χ3n) is 2.95. The Hall–Kier alpha value is -1.61. The molecule has 1 N–H and O–H groups in total. The van der Waals surface area contributed by atoms with Crippen molar-refractivity contribution in [2.45, 2.75) is 26.8 Å². The molecular formula is C15H21NO2.